The van der Waals surface area contributed by atoms with Crippen LogP contribution in [0.15, 0.2) is 115 Å². The zero-order valence-electron chi connectivity index (χ0n) is 21.4. The van der Waals surface area contributed by atoms with E-state index in [-0.39, 0.29) is 11.8 Å². The average molecular weight is 484 g/mol. The van der Waals surface area contributed by atoms with Crippen molar-refractivity contribution in [3.63, 3.8) is 0 Å². The van der Waals surface area contributed by atoms with Gasteiger partial charge in [-0.15, -0.1) is 0 Å². The van der Waals surface area contributed by atoms with Gasteiger partial charge in [-0.3, -0.25) is 0 Å². The third kappa shape index (κ3) is 5.22. The van der Waals surface area contributed by atoms with Crippen molar-refractivity contribution in [3.8, 4) is 0 Å². The summed E-state index contributed by atoms with van der Waals surface area (Å²) in [5.74, 6) is 0.0249. The molecule has 5 aromatic rings. The predicted octanol–water partition coefficient (Wildman–Crippen LogP) is 7.41. The Balaban J connectivity index is 1.69. The first kappa shape index (κ1) is 24.2. The van der Waals surface area contributed by atoms with Crippen molar-refractivity contribution in [2.45, 2.75) is 25.7 Å². The molecule has 0 aliphatic heterocycles. The summed E-state index contributed by atoms with van der Waals surface area (Å²) in [6.07, 6.45) is 0. The molecule has 5 rings (SSSR count). The van der Waals surface area contributed by atoms with Crippen molar-refractivity contribution in [1.29, 1.82) is 0 Å². The van der Waals surface area contributed by atoms with Gasteiger partial charge in [0.2, 0.25) is 0 Å². The highest BCUT2D eigenvalue weighted by molar-refractivity contribution is 5.60. The van der Waals surface area contributed by atoms with Crippen molar-refractivity contribution < 1.29 is 0 Å². The molecule has 2 atom stereocenters. The van der Waals surface area contributed by atoms with Gasteiger partial charge in [0.25, 0.3) is 0 Å². The van der Waals surface area contributed by atoms with Gasteiger partial charge in [0, 0.05) is 28.9 Å². The summed E-state index contributed by atoms with van der Waals surface area (Å²) < 4.78 is 0. The number of anilines is 3. The van der Waals surface area contributed by atoms with Gasteiger partial charge in [0.1, 0.15) is 0 Å². The molecular formula is C34H33N3. The Labute approximate surface area is 219 Å². The van der Waals surface area contributed by atoms with Crippen LogP contribution in [0.5, 0.6) is 0 Å². The third-order valence-corrected chi connectivity index (χ3v) is 7.12. The number of aryl methyl sites for hydroxylation is 2. The highest BCUT2D eigenvalue weighted by Crippen LogP contribution is 2.40. The van der Waals surface area contributed by atoms with Gasteiger partial charge in [-0.25, -0.2) is 0 Å². The number of hydrogen-bond donors (Lipinski definition) is 3. The average Bonchev–Trinajstić information content (AvgIpc) is 2.90. The van der Waals surface area contributed by atoms with E-state index in [1.54, 1.807) is 0 Å². The Morgan fingerprint density at radius 1 is 0.405 bits per heavy atom. The maximum absolute atomic E-state index is 6.70. The van der Waals surface area contributed by atoms with Gasteiger partial charge in [-0.2, -0.15) is 0 Å². The van der Waals surface area contributed by atoms with E-state index in [9.17, 15) is 0 Å². The van der Waals surface area contributed by atoms with Gasteiger partial charge < -0.3 is 17.2 Å². The topological polar surface area (TPSA) is 78.1 Å². The van der Waals surface area contributed by atoms with Crippen molar-refractivity contribution in [2.75, 3.05) is 17.2 Å². The summed E-state index contributed by atoms with van der Waals surface area (Å²) >= 11 is 0. The molecule has 0 radical (unpaired) electrons. The molecule has 6 N–H and O–H groups in total. The van der Waals surface area contributed by atoms with E-state index < -0.39 is 0 Å². The number of nitrogen functional groups attached to an aromatic ring is 3. The molecule has 0 aromatic heterocycles. The molecule has 37 heavy (non-hydrogen) atoms. The van der Waals surface area contributed by atoms with E-state index in [2.05, 4.69) is 98.8 Å². The molecule has 3 nitrogen and oxygen atoms in total. The number of nitrogens with two attached hydrogens (primary N) is 3. The van der Waals surface area contributed by atoms with Gasteiger partial charge >= 0.3 is 0 Å². The van der Waals surface area contributed by atoms with Crippen molar-refractivity contribution in [2.24, 2.45) is 0 Å². The van der Waals surface area contributed by atoms with Crippen LogP contribution in [0.1, 0.15) is 56.3 Å². The van der Waals surface area contributed by atoms with E-state index in [0.29, 0.717) is 0 Å². The summed E-state index contributed by atoms with van der Waals surface area (Å²) in [5.41, 5.74) is 30.5. The second-order valence-electron chi connectivity index (χ2n) is 9.91. The van der Waals surface area contributed by atoms with Crippen molar-refractivity contribution in [1.82, 2.24) is 0 Å². The lowest BCUT2D eigenvalue weighted by molar-refractivity contribution is 0.941. The van der Waals surface area contributed by atoms with Crippen LogP contribution in [0.4, 0.5) is 17.1 Å². The van der Waals surface area contributed by atoms with Crippen LogP contribution in [-0.4, -0.2) is 0 Å². The van der Waals surface area contributed by atoms with Gasteiger partial charge in [-0.05, 0) is 77.6 Å². The molecule has 0 spiro atoms. The highest BCUT2D eigenvalue weighted by Gasteiger charge is 2.23. The van der Waals surface area contributed by atoms with Gasteiger partial charge in [0.15, 0.2) is 0 Å². The number of hydrogen-bond acceptors (Lipinski definition) is 3. The van der Waals surface area contributed by atoms with Crippen molar-refractivity contribution >= 4 is 17.1 Å². The molecule has 0 bridgehead atoms. The monoisotopic (exact) mass is 483 g/mol. The largest absolute Gasteiger partial charge is 0.399 e. The minimum Gasteiger partial charge on any atom is -0.399 e. The zero-order valence-corrected chi connectivity index (χ0v) is 21.4. The Hall–Kier alpha value is -4.50. The maximum Gasteiger partial charge on any atom is 0.0360 e. The fraction of sp³-hybridized carbons (Fsp3) is 0.118. The lowest BCUT2D eigenvalue weighted by Crippen LogP contribution is -2.10. The standard InChI is InChI=1S/C34H33N3/c1-22-3-7-24(8-4-22)33(25-11-16-29(35)17-12-25)28-15-20-32(37)31(21-28)34(26-9-5-23(2)6-10-26)27-13-18-30(36)19-14-27/h3-21,33-34H,35-37H2,1-2H3. The Kier molecular flexibility index (Phi) is 6.70. The molecule has 0 heterocycles. The summed E-state index contributed by atoms with van der Waals surface area (Å²) in [6.45, 7) is 4.22. The minimum absolute atomic E-state index is 0.0220. The second-order valence-corrected chi connectivity index (χ2v) is 9.91. The van der Waals surface area contributed by atoms with E-state index in [1.807, 2.05) is 30.3 Å². The molecule has 0 amide bonds. The van der Waals surface area contributed by atoms with Crippen LogP contribution < -0.4 is 17.2 Å². The Morgan fingerprint density at radius 3 is 1.19 bits per heavy atom. The fourth-order valence-corrected chi connectivity index (χ4v) is 5.05. The van der Waals surface area contributed by atoms with E-state index >= 15 is 0 Å². The molecule has 3 heteroatoms. The lowest BCUT2D eigenvalue weighted by Gasteiger charge is -2.25. The molecular weight excluding hydrogens is 450 g/mol. The maximum atomic E-state index is 6.70. The zero-order chi connectivity index (χ0) is 25.9. The summed E-state index contributed by atoms with van der Waals surface area (Å²) in [7, 11) is 0. The van der Waals surface area contributed by atoms with E-state index in [4.69, 9.17) is 17.2 Å². The van der Waals surface area contributed by atoms with Gasteiger partial charge in [0.05, 0.1) is 0 Å². The Bertz CT molecular complexity index is 1390. The van der Waals surface area contributed by atoms with Crippen molar-refractivity contribution in [3.05, 3.63) is 160 Å². The number of benzene rings is 5. The fourth-order valence-electron chi connectivity index (χ4n) is 5.05. The predicted molar refractivity (Wildman–Crippen MR) is 157 cm³/mol. The third-order valence-electron chi connectivity index (χ3n) is 7.12. The molecule has 2 unspecified atom stereocenters. The molecule has 0 aliphatic carbocycles. The second kappa shape index (κ2) is 10.2. The van der Waals surface area contributed by atoms with E-state index in [0.717, 1.165) is 28.2 Å². The summed E-state index contributed by atoms with van der Waals surface area (Å²) in [5, 5.41) is 0. The van der Waals surface area contributed by atoms with Crippen LogP contribution in [-0.2, 0) is 0 Å². The molecule has 0 aliphatic rings. The quantitative estimate of drug-likeness (QED) is 0.174. The Morgan fingerprint density at radius 2 is 0.757 bits per heavy atom. The normalized spacial score (nSPS) is 12.7. The van der Waals surface area contributed by atoms with Crippen LogP contribution >= 0.6 is 0 Å². The number of rotatable bonds is 6. The molecule has 5 aromatic carbocycles. The van der Waals surface area contributed by atoms with E-state index in [1.165, 1.54) is 33.4 Å². The van der Waals surface area contributed by atoms with Gasteiger partial charge in [-0.1, -0.05) is 96.1 Å². The lowest BCUT2D eigenvalue weighted by atomic mass is 9.79. The first-order valence-electron chi connectivity index (χ1n) is 12.6. The SMILES string of the molecule is Cc1ccc(C(c2ccc(N)cc2)c2ccc(N)c(C(c3ccc(C)cc3)c3ccc(N)cc3)c2)cc1. The molecule has 0 saturated carbocycles. The van der Waals surface area contributed by atoms with Crippen LogP contribution in [0, 0.1) is 13.8 Å². The minimum atomic E-state index is -0.0220. The molecule has 0 saturated heterocycles. The first-order chi connectivity index (χ1) is 17.9. The molecule has 0 fully saturated rings. The van der Waals surface area contributed by atoms with Crippen LogP contribution in [0.25, 0.3) is 0 Å². The first-order valence-corrected chi connectivity index (χ1v) is 12.6. The summed E-state index contributed by atoms with van der Waals surface area (Å²) in [4.78, 5) is 0. The summed E-state index contributed by atoms with van der Waals surface area (Å²) in [6, 6.07) is 40.2. The highest BCUT2D eigenvalue weighted by atomic mass is 14.6. The molecule has 184 valence electrons. The van der Waals surface area contributed by atoms with Crippen LogP contribution in [0.2, 0.25) is 0 Å². The smallest absolute Gasteiger partial charge is 0.0360 e. The van der Waals surface area contributed by atoms with Crippen LogP contribution in [0.3, 0.4) is 0 Å².